The minimum atomic E-state index is 0.372. The summed E-state index contributed by atoms with van der Waals surface area (Å²) in [5.74, 6) is 0.443. The topological polar surface area (TPSA) is 24.9 Å². The van der Waals surface area contributed by atoms with Crippen molar-refractivity contribution in [2.24, 2.45) is 0 Å². The molecule has 0 aliphatic heterocycles. The molecule has 0 bridgehead atoms. The molecule has 2 heterocycles. The van der Waals surface area contributed by atoms with Crippen LogP contribution in [0.4, 0.5) is 0 Å². The van der Waals surface area contributed by atoms with E-state index in [1.54, 1.807) is 11.3 Å². The zero-order valence-electron chi connectivity index (χ0n) is 10.6. The van der Waals surface area contributed by atoms with Gasteiger partial charge >= 0.3 is 0 Å². The lowest BCUT2D eigenvalue weighted by atomic mass is 9.90. The molecule has 2 atom stereocenters. The molecule has 0 saturated carbocycles. The van der Waals surface area contributed by atoms with Gasteiger partial charge in [0.15, 0.2) is 0 Å². The van der Waals surface area contributed by atoms with Gasteiger partial charge in [0.25, 0.3) is 0 Å². The van der Waals surface area contributed by atoms with Crippen molar-refractivity contribution < 1.29 is 0 Å². The van der Waals surface area contributed by atoms with Crippen LogP contribution in [0.3, 0.4) is 0 Å². The molecule has 2 unspecified atom stereocenters. The smallest absolute Gasteiger partial charge is 0.0656 e. The second-order valence-corrected chi connectivity index (χ2v) is 7.09. The van der Waals surface area contributed by atoms with Gasteiger partial charge in [-0.15, -0.1) is 11.3 Å². The zero-order valence-corrected chi connectivity index (χ0v) is 13.5. The summed E-state index contributed by atoms with van der Waals surface area (Å²) in [6, 6.07) is 6.85. The summed E-state index contributed by atoms with van der Waals surface area (Å²) in [6.07, 6.45) is 3.73. The standard InChI is InChI=1S/C14H17IN2S/c1-3-17-14(12-8-13(15)18-9-12)10(2)11-4-6-16-7-5-11/h4-10,14,17H,3H2,1-2H3. The fourth-order valence-electron chi connectivity index (χ4n) is 2.15. The molecule has 0 saturated heterocycles. The largest absolute Gasteiger partial charge is 0.310 e. The van der Waals surface area contributed by atoms with Crippen molar-refractivity contribution in [3.63, 3.8) is 0 Å². The van der Waals surface area contributed by atoms with E-state index in [2.05, 4.69) is 70.3 Å². The van der Waals surface area contributed by atoms with Crippen LogP contribution >= 0.6 is 33.9 Å². The Morgan fingerprint density at radius 2 is 2.06 bits per heavy atom. The van der Waals surface area contributed by atoms with E-state index in [1.807, 2.05) is 12.4 Å². The zero-order chi connectivity index (χ0) is 13.0. The molecule has 0 spiro atoms. The van der Waals surface area contributed by atoms with E-state index < -0.39 is 0 Å². The first kappa shape index (κ1) is 14.0. The van der Waals surface area contributed by atoms with Crippen LogP contribution in [-0.2, 0) is 0 Å². The van der Waals surface area contributed by atoms with E-state index in [-0.39, 0.29) is 0 Å². The molecule has 2 aromatic heterocycles. The molecule has 0 amide bonds. The summed E-state index contributed by atoms with van der Waals surface area (Å²) in [7, 11) is 0. The second-order valence-electron chi connectivity index (χ2n) is 4.29. The highest BCUT2D eigenvalue weighted by molar-refractivity contribution is 14.1. The van der Waals surface area contributed by atoms with Crippen LogP contribution in [0.15, 0.2) is 36.0 Å². The number of aromatic nitrogens is 1. The molecule has 2 rings (SSSR count). The number of hydrogen-bond donors (Lipinski definition) is 1. The minimum Gasteiger partial charge on any atom is -0.310 e. The molecule has 0 aliphatic rings. The fourth-order valence-corrected chi connectivity index (χ4v) is 3.56. The van der Waals surface area contributed by atoms with Crippen molar-refractivity contribution in [1.82, 2.24) is 10.3 Å². The highest BCUT2D eigenvalue weighted by atomic mass is 127. The lowest BCUT2D eigenvalue weighted by Crippen LogP contribution is -2.25. The molecule has 18 heavy (non-hydrogen) atoms. The molecule has 96 valence electrons. The van der Waals surface area contributed by atoms with Gasteiger partial charge in [-0.2, -0.15) is 0 Å². The molecular weight excluding hydrogens is 355 g/mol. The summed E-state index contributed by atoms with van der Waals surface area (Å²) in [5, 5.41) is 5.85. The van der Waals surface area contributed by atoms with Crippen LogP contribution in [0.2, 0.25) is 0 Å². The van der Waals surface area contributed by atoms with Crippen molar-refractivity contribution in [1.29, 1.82) is 0 Å². The maximum atomic E-state index is 4.09. The molecule has 2 nitrogen and oxygen atoms in total. The van der Waals surface area contributed by atoms with Gasteiger partial charge in [0.05, 0.1) is 2.88 Å². The first-order chi connectivity index (χ1) is 8.72. The van der Waals surface area contributed by atoms with E-state index in [9.17, 15) is 0 Å². The predicted octanol–water partition coefficient (Wildman–Crippen LogP) is 4.20. The van der Waals surface area contributed by atoms with E-state index >= 15 is 0 Å². The minimum absolute atomic E-state index is 0.372. The monoisotopic (exact) mass is 372 g/mol. The predicted molar refractivity (Wildman–Crippen MR) is 86.1 cm³/mol. The average Bonchev–Trinajstić information content (AvgIpc) is 2.82. The highest BCUT2D eigenvalue weighted by Crippen LogP contribution is 2.33. The van der Waals surface area contributed by atoms with Gasteiger partial charge in [0.2, 0.25) is 0 Å². The number of nitrogens with zero attached hydrogens (tertiary/aromatic N) is 1. The van der Waals surface area contributed by atoms with Gasteiger partial charge < -0.3 is 5.32 Å². The number of thiophene rings is 1. The Labute approximate surface area is 126 Å². The Morgan fingerprint density at radius 1 is 1.33 bits per heavy atom. The molecule has 0 fully saturated rings. The van der Waals surface area contributed by atoms with E-state index in [1.165, 1.54) is 14.0 Å². The Balaban J connectivity index is 2.25. The van der Waals surface area contributed by atoms with Crippen molar-refractivity contribution in [2.45, 2.75) is 25.8 Å². The van der Waals surface area contributed by atoms with Crippen molar-refractivity contribution in [2.75, 3.05) is 6.54 Å². The van der Waals surface area contributed by atoms with Gasteiger partial charge in [-0.1, -0.05) is 13.8 Å². The summed E-state index contributed by atoms with van der Waals surface area (Å²) in [4.78, 5) is 4.09. The Kier molecular flexibility index (Phi) is 5.14. The summed E-state index contributed by atoms with van der Waals surface area (Å²) < 4.78 is 1.34. The maximum Gasteiger partial charge on any atom is 0.0656 e. The molecule has 0 radical (unpaired) electrons. The maximum absolute atomic E-state index is 4.09. The molecule has 4 heteroatoms. The molecular formula is C14H17IN2S. The van der Waals surface area contributed by atoms with Crippen molar-refractivity contribution in [3.05, 3.63) is 50.0 Å². The first-order valence-electron chi connectivity index (χ1n) is 6.09. The van der Waals surface area contributed by atoms with Crippen molar-refractivity contribution >= 4 is 33.9 Å². The van der Waals surface area contributed by atoms with E-state index in [0.717, 1.165) is 6.54 Å². The quantitative estimate of drug-likeness (QED) is 0.796. The number of nitrogens with one attached hydrogen (secondary N) is 1. The first-order valence-corrected chi connectivity index (χ1v) is 8.05. The molecule has 2 aromatic rings. The van der Waals surface area contributed by atoms with Crippen LogP contribution in [0.25, 0.3) is 0 Å². The van der Waals surface area contributed by atoms with Crippen LogP contribution in [0.5, 0.6) is 0 Å². The third-order valence-electron chi connectivity index (χ3n) is 3.10. The molecule has 1 N–H and O–H groups in total. The lowest BCUT2D eigenvalue weighted by molar-refractivity contribution is 0.480. The molecule has 0 aliphatic carbocycles. The number of hydrogen-bond acceptors (Lipinski definition) is 3. The highest BCUT2D eigenvalue weighted by Gasteiger charge is 2.20. The normalized spacial score (nSPS) is 14.4. The number of halogens is 1. The number of pyridine rings is 1. The molecule has 0 aromatic carbocycles. The van der Waals surface area contributed by atoms with E-state index in [4.69, 9.17) is 0 Å². The van der Waals surface area contributed by atoms with Gasteiger partial charge in [-0.05, 0) is 63.8 Å². The van der Waals surface area contributed by atoms with Gasteiger partial charge in [-0.25, -0.2) is 0 Å². The Hall–Kier alpha value is -0.460. The van der Waals surface area contributed by atoms with Crippen LogP contribution in [0.1, 0.15) is 36.9 Å². The lowest BCUT2D eigenvalue weighted by Gasteiger charge is -2.24. The number of likely N-dealkylation sites (N-methyl/N-ethyl adjacent to an activating group) is 1. The summed E-state index contributed by atoms with van der Waals surface area (Å²) in [5.41, 5.74) is 2.72. The van der Waals surface area contributed by atoms with Crippen LogP contribution in [0, 0.1) is 2.88 Å². The Morgan fingerprint density at radius 3 is 2.61 bits per heavy atom. The van der Waals surface area contributed by atoms with Gasteiger partial charge in [0, 0.05) is 24.4 Å². The summed E-state index contributed by atoms with van der Waals surface area (Å²) in [6.45, 7) is 5.41. The van der Waals surface area contributed by atoms with Crippen molar-refractivity contribution in [3.8, 4) is 0 Å². The van der Waals surface area contributed by atoms with E-state index in [0.29, 0.717) is 12.0 Å². The van der Waals surface area contributed by atoms with Gasteiger partial charge in [-0.3, -0.25) is 4.98 Å². The third-order valence-corrected chi connectivity index (χ3v) is 4.91. The fraction of sp³-hybridized carbons (Fsp3) is 0.357. The van der Waals surface area contributed by atoms with Crippen LogP contribution in [-0.4, -0.2) is 11.5 Å². The third kappa shape index (κ3) is 3.30. The SMILES string of the molecule is CCNC(c1csc(I)c1)C(C)c1ccncc1. The Bertz CT molecular complexity index is 484. The average molecular weight is 372 g/mol. The van der Waals surface area contributed by atoms with Gasteiger partial charge in [0.1, 0.15) is 0 Å². The number of rotatable bonds is 5. The second kappa shape index (κ2) is 6.63. The van der Waals surface area contributed by atoms with Crippen LogP contribution < -0.4 is 5.32 Å². The summed E-state index contributed by atoms with van der Waals surface area (Å²) >= 11 is 4.19.